The van der Waals surface area contributed by atoms with E-state index in [2.05, 4.69) is 18.7 Å². The molecule has 0 N–H and O–H groups in total. The molecule has 16 heavy (non-hydrogen) atoms. The van der Waals surface area contributed by atoms with Gasteiger partial charge in [-0.3, -0.25) is 0 Å². The molecule has 0 bridgehead atoms. The van der Waals surface area contributed by atoms with Crippen LogP contribution in [-0.2, 0) is 9.05 Å². The standard InChI is InChI=1S/C11H22ClNO2S/c1-3-11(2)5-8-13(9-6-11)7-4-10-16(12,14)15/h3-10H2,1-2H3. The molecule has 0 atom stereocenters. The molecule has 1 heterocycles. The number of nitrogens with zero attached hydrogens (tertiary/aromatic N) is 1. The number of hydrogen-bond donors (Lipinski definition) is 0. The Bertz CT molecular complexity index is 308. The molecule has 96 valence electrons. The summed E-state index contributed by atoms with van der Waals surface area (Å²) in [5.41, 5.74) is 0.495. The van der Waals surface area contributed by atoms with Crippen molar-refractivity contribution in [3.8, 4) is 0 Å². The van der Waals surface area contributed by atoms with E-state index in [1.54, 1.807) is 0 Å². The van der Waals surface area contributed by atoms with Gasteiger partial charge in [-0.15, -0.1) is 0 Å². The minimum absolute atomic E-state index is 0.0934. The topological polar surface area (TPSA) is 37.4 Å². The van der Waals surface area contributed by atoms with E-state index in [9.17, 15) is 8.42 Å². The fourth-order valence-corrected chi connectivity index (χ4v) is 2.93. The number of hydrogen-bond acceptors (Lipinski definition) is 3. The van der Waals surface area contributed by atoms with E-state index in [4.69, 9.17) is 10.7 Å². The van der Waals surface area contributed by atoms with Crippen molar-refractivity contribution in [2.75, 3.05) is 25.4 Å². The molecule has 1 aliphatic rings. The first-order chi connectivity index (χ1) is 7.35. The monoisotopic (exact) mass is 267 g/mol. The first-order valence-electron chi connectivity index (χ1n) is 5.99. The van der Waals surface area contributed by atoms with Crippen molar-refractivity contribution < 1.29 is 8.42 Å². The molecule has 3 nitrogen and oxygen atoms in total. The van der Waals surface area contributed by atoms with Crippen molar-refractivity contribution in [2.45, 2.75) is 39.5 Å². The highest BCUT2D eigenvalue weighted by Crippen LogP contribution is 2.33. The molecule has 5 heteroatoms. The van der Waals surface area contributed by atoms with Crippen LogP contribution in [0.2, 0.25) is 0 Å². The zero-order chi connectivity index (χ0) is 12.2. The van der Waals surface area contributed by atoms with E-state index in [0.717, 1.165) is 19.6 Å². The summed E-state index contributed by atoms with van der Waals surface area (Å²) in [5.74, 6) is 0.0934. The van der Waals surface area contributed by atoms with Gasteiger partial charge in [-0.25, -0.2) is 8.42 Å². The molecule has 0 radical (unpaired) electrons. The Labute approximate surface area is 104 Å². The second kappa shape index (κ2) is 5.69. The lowest BCUT2D eigenvalue weighted by atomic mass is 9.78. The average Bonchev–Trinajstić information content (AvgIpc) is 2.20. The Morgan fingerprint density at radius 2 is 1.88 bits per heavy atom. The summed E-state index contributed by atoms with van der Waals surface area (Å²) in [4.78, 5) is 2.35. The van der Waals surface area contributed by atoms with E-state index in [1.807, 2.05) is 0 Å². The summed E-state index contributed by atoms with van der Waals surface area (Å²) < 4.78 is 21.5. The van der Waals surface area contributed by atoms with Crippen LogP contribution in [-0.4, -0.2) is 38.7 Å². The first kappa shape index (κ1) is 14.3. The van der Waals surface area contributed by atoms with Crippen molar-refractivity contribution in [1.29, 1.82) is 0 Å². The Morgan fingerprint density at radius 3 is 2.31 bits per heavy atom. The van der Waals surface area contributed by atoms with Crippen LogP contribution in [0.15, 0.2) is 0 Å². The highest BCUT2D eigenvalue weighted by Gasteiger charge is 2.27. The summed E-state index contributed by atoms with van der Waals surface area (Å²) in [6.45, 7) is 7.62. The van der Waals surface area contributed by atoms with Crippen molar-refractivity contribution in [3.05, 3.63) is 0 Å². The fourth-order valence-electron chi connectivity index (χ4n) is 2.13. The second-order valence-corrected chi connectivity index (χ2v) is 8.00. The second-order valence-electron chi connectivity index (χ2n) is 5.10. The lowest BCUT2D eigenvalue weighted by Gasteiger charge is -2.38. The van der Waals surface area contributed by atoms with Crippen LogP contribution in [0.1, 0.15) is 39.5 Å². The highest BCUT2D eigenvalue weighted by molar-refractivity contribution is 8.13. The molecule has 1 rings (SSSR count). The average molecular weight is 268 g/mol. The minimum Gasteiger partial charge on any atom is -0.303 e. The molecule has 0 aliphatic carbocycles. The molecule has 1 saturated heterocycles. The zero-order valence-electron chi connectivity index (χ0n) is 10.2. The maximum Gasteiger partial charge on any atom is 0.232 e. The van der Waals surface area contributed by atoms with E-state index in [0.29, 0.717) is 11.8 Å². The molecular formula is C11H22ClNO2S. The predicted molar refractivity (Wildman–Crippen MR) is 68.3 cm³/mol. The summed E-state index contributed by atoms with van der Waals surface area (Å²) in [7, 11) is 1.87. The lowest BCUT2D eigenvalue weighted by Crippen LogP contribution is -2.39. The van der Waals surface area contributed by atoms with Gasteiger partial charge in [0.1, 0.15) is 0 Å². The van der Waals surface area contributed by atoms with Crippen LogP contribution >= 0.6 is 10.7 Å². The molecule has 1 fully saturated rings. The van der Waals surface area contributed by atoms with Gasteiger partial charge in [0.05, 0.1) is 5.75 Å². The van der Waals surface area contributed by atoms with Crippen LogP contribution in [0, 0.1) is 5.41 Å². The van der Waals surface area contributed by atoms with Crippen LogP contribution in [0.5, 0.6) is 0 Å². The summed E-state index contributed by atoms with van der Waals surface area (Å²) in [6, 6.07) is 0. The fraction of sp³-hybridized carbons (Fsp3) is 1.00. The van der Waals surface area contributed by atoms with Crippen LogP contribution < -0.4 is 0 Å². The number of piperidine rings is 1. The minimum atomic E-state index is -3.31. The van der Waals surface area contributed by atoms with Gasteiger partial charge in [0.2, 0.25) is 9.05 Å². The van der Waals surface area contributed by atoms with Gasteiger partial charge in [0.15, 0.2) is 0 Å². The Morgan fingerprint density at radius 1 is 1.31 bits per heavy atom. The smallest absolute Gasteiger partial charge is 0.232 e. The maximum atomic E-state index is 10.8. The molecule has 0 aromatic carbocycles. The SMILES string of the molecule is CCC1(C)CCN(CCCS(=O)(=O)Cl)CC1. The number of rotatable bonds is 5. The van der Waals surface area contributed by atoms with Gasteiger partial charge >= 0.3 is 0 Å². The molecule has 0 unspecified atom stereocenters. The first-order valence-corrected chi connectivity index (χ1v) is 8.47. The Hall–Kier alpha value is 0.200. The van der Waals surface area contributed by atoms with Crippen LogP contribution in [0.25, 0.3) is 0 Å². The highest BCUT2D eigenvalue weighted by atomic mass is 35.7. The summed E-state index contributed by atoms with van der Waals surface area (Å²) >= 11 is 0. The molecule has 0 saturated carbocycles. The van der Waals surface area contributed by atoms with Gasteiger partial charge in [-0.1, -0.05) is 20.3 Å². The number of halogens is 1. The van der Waals surface area contributed by atoms with E-state index < -0.39 is 9.05 Å². The normalized spacial score (nSPS) is 22.2. The van der Waals surface area contributed by atoms with Crippen molar-refractivity contribution in [3.63, 3.8) is 0 Å². The third-order valence-corrected chi connectivity index (χ3v) is 5.02. The van der Waals surface area contributed by atoms with Gasteiger partial charge in [-0.2, -0.15) is 0 Å². The molecule has 0 aromatic rings. The summed E-state index contributed by atoms with van der Waals surface area (Å²) in [5, 5.41) is 0. The molecule has 1 aliphatic heterocycles. The third kappa shape index (κ3) is 5.02. The summed E-state index contributed by atoms with van der Waals surface area (Å²) in [6.07, 6.45) is 4.32. The van der Waals surface area contributed by atoms with E-state index >= 15 is 0 Å². The van der Waals surface area contributed by atoms with Crippen LogP contribution in [0.3, 0.4) is 0 Å². The predicted octanol–water partition coefficient (Wildman–Crippen LogP) is 2.46. The lowest BCUT2D eigenvalue weighted by molar-refractivity contribution is 0.115. The van der Waals surface area contributed by atoms with Crippen molar-refractivity contribution >= 4 is 19.7 Å². The van der Waals surface area contributed by atoms with Crippen molar-refractivity contribution in [1.82, 2.24) is 4.90 Å². The Kier molecular flexibility index (Phi) is 5.08. The van der Waals surface area contributed by atoms with Crippen LogP contribution in [0.4, 0.5) is 0 Å². The molecule has 0 aromatic heterocycles. The molecule has 0 amide bonds. The zero-order valence-corrected chi connectivity index (χ0v) is 11.8. The Balaban J connectivity index is 2.23. The van der Waals surface area contributed by atoms with E-state index in [-0.39, 0.29) is 5.75 Å². The third-order valence-electron chi connectivity index (χ3n) is 3.78. The van der Waals surface area contributed by atoms with Crippen molar-refractivity contribution in [2.24, 2.45) is 5.41 Å². The quantitative estimate of drug-likeness (QED) is 0.718. The van der Waals surface area contributed by atoms with E-state index in [1.165, 1.54) is 19.3 Å². The largest absolute Gasteiger partial charge is 0.303 e. The molecular weight excluding hydrogens is 246 g/mol. The maximum absolute atomic E-state index is 10.8. The molecule has 0 spiro atoms. The van der Waals surface area contributed by atoms with Gasteiger partial charge in [-0.05, 0) is 44.3 Å². The van der Waals surface area contributed by atoms with Gasteiger partial charge in [0, 0.05) is 10.7 Å². The van der Waals surface area contributed by atoms with Gasteiger partial charge < -0.3 is 4.90 Å². The van der Waals surface area contributed by atoms with Gasteiger partial charge in [0.25, 0.3) is 0 Å². The number of likely N-dealkylation sites (tertiary alicyclic amines) is 1.